The van der Waals surface area contributed by atoms with Crippen molar-refractivity contribution in [3.63, 3.8) is 0 Å². The Morgan fingerprint density at radius 3 is 2.37 bits per heavy atom. The van der Waals surface area contributed by atoms with E-state index in [-0.39, 0.29) is 29.0 Å². The highest BCUT2D eigenvalue weighted by Gasteiger charge is 2.37. The van der Waals surface area contributed by atoms with E-state index in [2.05, 4.69) is 0 Å². The summed E-state index contributed by atoms with van der Waals surface area (Å²) in [6.45, 7) is 5.92. The minimum Gasteiger partial charge on any atom is -0.495 e. The van der Waals surface area contributed by atoms with Crippen LogP contribution in [-0.2, 0) is 21.0 Å². The van der Waals surface area contributed by atoms with E-state index in [1.54, 1.807) is 23.1 Å². The molecule has 0 unspecified atom stereocenters. The van der Waals surface area contributed by atoms with E-state index in [4.69, 9.17) is 4.74 Å². The molecule has 208 valence electrons. The number of methoxy groups -OCH3 is 1. The molecule has 2 heterocycles. The molecule has 2 aromatic rings. The molecule has 0 aliphatic carbocycles. The lowest BCUT2D eigenvalue weighted by atomic mass is 9.97. The molecular formula is C27H34F3N3O4S. The molecule has 0 radical (unpaired) electrons. The van der Waals surface area contributed by atoms with Crippen LogP contribution in [0.25, 0.3) is 0 Å². The van der Waals surface area contributed by atoms with Crippen LogP contribution in [0.15, 0.2) is 47.4 Å². The van der Waals surface area contributed by atoms with Crippen LogP contribution >= 0.6 is 0 Å². The molecule has 7 nitrogen and oxygen atoms in total. The maximum atomic E-state index is 13.6. The summed E-state index contributed by atoms with van der Waals surface area (Å²) in [6, 6.07) is 10.4. The molecule has 2 fully saturated rings. The Labute approximate surface area is 222 Å². The Morgan fingerprint density at radius 2 is 1.74 bits per heavy atom. The van der Waals surface area contributed by atoms with E-state index in [1.165, 1.54) is 17.5 Å². The SMILES string of the molecule is COc1ccc(C(C)C)cc1S(=O)(=O)N1CCC[C@@H](C(=O)N2CCN(c3cccc(C(F)(F)F)c3)CC2)C1. The van der Waals surface area contributed by atoms with Gasteiger partial charge in [-0.05, 0) is 54.7 Å². The van der Waals surface area contributed by atoms with Crippen LogP contribution in [0.2, 0.25) is 0 Å². The van der Waals surface area contributed by atoms with Crippen LogP contribution < -0.4 is 9.64 Å². The molecule has 1 atom stereocenters. The van der Waals surface area contributed by atoms with Gasteiger partial charge in [-0.1, -0.05) is 26.0 Å². The number of hydrogen-bond acceptors (Lipinski definition) is 5. The third kappa shape index (κ3) is 5.93. The fourth-order valence-corrected chi connectivity index (χ4v) is 6.79. The Kier molecular flexibility index (Phi) is 8.27. The van der Waals surface area contributed by atoms with E-state index < -0.39 is 27.7 Å². The van der Waals surface area contributed by atoms with Crippen LogP contribution in [0.5, 0.6) is 5.75 Å². The largest absolute Gasteiger partial charge is 0.495 e. The number of carbonyl (C=O) groups excluding carboxylic acids is 1. The minimum atomic E-state index is -4.42. The quantitative estimate of drug-likeness (QED) is 0.524. The summed E-state index contributed by atoms with van der Waals surface area (Å²) in [5.74, 6) is -0.178. The summed E-state index contributed by atoms with van der Waals surface area (Å²) in [4.78, 5) is 17.0. The van der Waals surface area contributed by atoms with Crippen molar-refractivity contribution < 1.29 is 31.1 Å². The maximum absolute atomic E-state index is 13.6. The standard InChI is InChI=1S/C27H34F3N3O4S/c1-19(2)20-9-10-24(37-3)25(16-20)38(35,36)33-11-5-6-21(18-33)26(34)32-14-12-31(13-15-32)23-8-4-7-22(17-23)27(28,29)30/h4,7-10,16-17,19,21H,5-6,11-15,18H2,1-3H3/t21-/m1/s1. The van der Waals surface area contributed by atoms with Crippen LogP contribution in [0, 0.1) is 5.92 Å². The number of alkyl halides is 3. The second kappa shape index (κ2) is 11.1. The zero-order chi connectivity index (χ0) is 27.7. The van der Waals surface area contributed by atoms with Crippen LogP contribution in [0.3, 0.4) is 0 Å². The van der Waals surface area contributed by atoms with Crippen LogP contribution in [0.4, 0.5) is 18.9 Å². The van der Waals surface area contributed by atoms with Crippen molar-refractivity contribution in [2.45, 2.75) is 43.7 Å². The zero-order valence-corrected chi connectivity index (χ0v) is 22.7. The normalized spacial score (nSPS) is 19.6. The average Bonchev–Trinajstić information content (AvgIpc) is 2.92. The number of benzene rings is 2. The van der Waals surface area contributed by atoms with Crippen LogP contribution in [0.1, 0.15) is 43.7 Å². The number of piperidine rings is 1. The van der Waals surface area contributed by atoms with Crippen molar-refractivity contribution in [2.24, 2.45) is 5.92 Å². The lowest BCUT2D eigenvalue weighted by Gasteiger charge is -2.39. The average molecular weight is 554 g/mol. The molecule has 0 aromatic heterocycles. The molecule has 2 aliphatic rings. The fourth-order valence-electron chi connectivity index (χ4n) is 5.08. The maximum Gasteiger partial charge on any atom is 0.416 e. The first-order chi connectivity index (χ1) is 17.9. The van der Waals surface area contributed by atoms with Gasteiger partial charge in [0.15, 0.2) is 0 Å². The van der Waals surface area contributed by atoms with E-state index in [9.17, 15) is 26.4 Å². The highest BCUT2D eigenvalue weighted by atomic mass is 32.2. The first kappa shape index (κ1) is 28.2. The lowest BCUT2D eigenvalue weighted by molar-refractivity contribution is -0.137. The fraction of sp³-hybridized carbons (Fsp3) is 0.519. The summed E-state index contributed by atoms with van der Waals surface area (Å²) in [6.07, 6.45) is -3.27. The molecule has 38 heavy (non-hydrogen) atoms. The van der Waals surface area contributed by atoms with Gasteiger partial charge in [-0.3, -0.25) is 4.79 Å². The summed E-state index contributed by atoms with van der Waals surface area (Å²) < 4.78 is 73.3. The van der Waals surface area contributed by atoms with Crippen molar-refractivity contribution in [3.8, 4) is 5.75 Å². The summed E-state index contributed by atoms with van der Waals surface area (Å²) >= 11 is 0. The van der Waals surface area contributed by atoms with Crippen molar-refractivity contribution in [1.82, 2.24) is 9.21 Å². The van der Waals surface area contributed by atoms with Gasteiger partial charge in [0.2, 0.25) is 15.9 Å². The number of anilines is 1. The van der Waals surface area contributed by atoms with Crippen molar-refractivity contribution in [2.75, 3.05) is 51.3 Å². The number of halogens is 3. The van der Waals surface area contributed by atoms with Crippen LogP contribution in [-0.4, -0.2) is 69.9 Å². The summed E-state index contributed by atoms with van der Waals surface area (Å²) in [5, 5.41) is 0. The first-order valence-corrected chi connectivity index (χ1v) is 14.2. The van der Waals surface area contributed by atoms with Gasteiger partial charge in [-0.15, -0.1) is 0 Å². The molecule has 4 rings (SSSR count). The highest BCUT2D eigenvalue weighted by Crippen LogP contribution is 2.34. The molecule has 0 spiro atoms. The first-order valence-electron chi connectivity index (χ1n) is 12.8. The van der Waals surface area contributed by atoms with Gasteiger partial charge in [0.1, 0.15) is 10.6 Å². The molecule has 0 bridgehead atoms. The molecule has 1 amide bonds. The van der Waals surface area contributed by atoms with Gasteiger partial charge in [0.25, 0.3) is 0 Å². The Balaban J connectivity index is 1.43. The minimum absolute atomic E-state index is 0.0874. The van der Waals surface area contributed by atoms with Gasteiger partial charge >= 0.3 is 6.18 Å². The van der Waals surface area contributed by atoms with E-state index in [1.807, 2.05) is 24.8 Å². The number of sulfonamides is 1. The van der Waals surface area contributed by atoms with Crippen molar-refractivity contribution in [3.05, 3.63) is 53.6 Å². The molecule has 2 aromatic carbocycles. The van der Waals surface area contributed by atoms with Gasteiger partial charge in [0, 0.05) is 45.0 Å². The van der Waals surface area contributed by atoms with Gasteiger partial charge < -0.3 is 14.5 Å². The Hall–Kier alpha value is -2.79. The third-order valence-electron chi connectivity index (χ3n) is 7.34. The van der Waals surface area contributed by atoms with E-state index in [0.29, 0.717) is 51.3 Å². The van der Waals surface area contributed by atoms with Crippen molar-refractivity contribution in [1.29, 1.82) is 0 Å². The summed E-state index contributed by atoms with van der Waals surface area (Å²) in [7, 11) is -2.45. The smallest absolute Gasteiger partial charge is 0.416 e. The van der Waals surface area contributed by atoms with E-state index in [0.717, 1.165) is 17.7 Å². The number of hydrogen-bond donors (Lipinski definition) is 0. The predicted octanol–water partition coefficient (Wildman–Crippen LogP) is 4.59. The third-order valence-corrected chi connectivity index (χ3v) is 9.22. The topological polar surface area (TPSA) is 70.2 Å². The number of nitrogens with zero attached hydrogens (tertiary/aromatic N) is 3. The molecule has 2 aliphatic heterocycles. The number of amides is 1. The second-order valence-corrected chi connectivity index (χ2v) is 12.0. The lowest BCUT2D eigenvalue weighted by Crippen LogP contribution is -2.53. The molecule has 0 N–H and O–H groups in total. The number of piperazine rings is 1. The Bertz CT molecular complexity index is 1260. The molecular weight excluding hydrogens is 519 g/mol. The number of rotatable bonds is 6. The monoisotopic (exact) mass is 553 g/mol. The van der Waals surface area contributed by atoms with Gasteiger partial charge in [-0.25, -0.2) is 8.42 Å². The van der Waals surface area contributed by atoms with Gasteiger partial charge in [0.05, 0.1) is 18.6 Å². The van der Waals surface area contributed by atoms with Crippen molar-refractivity contribution >= 4 is 21.6 Å². The molecule has 0 saturated carbocycles. The highest BCUT2D eigenvalue weighted by molar-refractivity contribution is 7.89. The Morgan fingerprint density at radius 1 is 1.03 bits per heavy atom. The number of ether oxygens (including phenoxy) is 1. The second-order valence-electron chi connectivity index (χ2n) is 10.1. The summed E-state index contributed by atoms with van der Waals surface area (Å²) in [5.41, 5.74) is 0.652. The molecule has 2 saturated heterocycles. The van der Waals surface area contributed by atoms with E-state index >= 15 is 0 Å². The van der Waals surface area contributed by atoms with Gasteiger partial charge in [-0.2, -0.15) is 17.5 Å². The molecule has 11 heteroatoms. The predicted molar refractivity (Wildman–Crippen MR) is 139 cm³/mol. The zero-order valence-electron chi connectivity index (χ0n) is 21.9. The number of carbonyl (C=O) groups is 1.